The molecule has 0 aromatic heterocycles. The van der Waals surface area contributed by atoms with Crippen molar-refractivity contribution in [3.63, 3.8) is 0 Å². The third kappa shape index (κ3) is 3.41. The number of carbonyl (C=O) groups is 1. The highest BCUT2D eigenvalue weighted by Crippen LogP contribution is 2.37. The normalized spacial score (nSPS) is 22.5. The molecule has 22 heavy (non-hydrogen) atoms. The lowest BCUT2D eigenvalue weighted by molar-refractivity contribution is -0.166. The lowest BCUT2D eigenvalue weighted by Gasteiger charge is -2.16. The molecule has 2 unspecified atom stereocenters. The molecule has 1 aliphatic rings. The minimum absolute atomic E-state index is 0.173. The topological polar surface area (TPSA) is 80.7 Å². The second-order valence-electron chi connectivity index (χ2n) is 5.08. The summed E-state index contributed by atoms with van der Waals surface area (Å²) in [5.74, 6) is -2.91. The van der Waals surface area contributed by atoms with E-state index in [-0.39, 0.29) is 18.8 Å². The summed E-state index contributed by atoms with van der Waals surface area (Å²) in [5, 5.41) is -5.00. The largest absolute Gasteiger partial charge is 0.465 e. The first-order valence-electron chi connectivity index (χ1n) is 6.42. The molecule has 5 nitrogen and oxygen atoms in total. The summed E-state index contributed by atoms with van der Waals surface area (Å²) < 4.78 is 73.0. The van der Waals surface area contributed by atoms with Crippen LogP contribution in [0.2, 0.25) is 0 Å². The molecule has 0 heterocycles. The van der Waals surface area contributed by atoms with Crippen LogP contribution in [0.3, 0.4) is 0 Å². The van der Waals surface area contributed by atoms with Crippen molar-refractivity contribution >= 4 is 16.1 Å². The van der Waals surface area contributed by atoms with Crippen LogP contribution >= 0.6 is 0 Å². The van der Waals surface area contributed by atoms with Crippen LogP contribution in [0.5, 0.6) is 0 Å². The molecule has 1 aliphatic carbocycles. The standard InChI is InChI=1S/C13H13F3O5S/c14-10-3-1-2-8(6-10)9-4-5-11(7-9)21-12(17)13(15,16)22(18,19)20/h1-3,6,9,11H,4-5,7H2,(H,18,19,20). The number of rotatable bonds is 4. The summed E-state index contributed by atoms with van der Waals surface area (Å²) in [4.78, 5) is 11.2. The molecular formula is C13H13F3O5S. The van der Waals surface area contributed by atoms with Gasteiger partial charge in [0.15, 0.2) is 0 Å². The SMILES string of the molecule is O=C(OC1CCC(c2cccc(F)c2)C1)C(F)(F)S(=O)(=O)O. The number of ether oxygens (including phenoxy) is 1. The van der Waals surface area contributed by atoms with Gasteiger partial charge in [-0.15, -0.1) is 0 Å². The van der Waals surface area contributed by atoms with Gasteiger partial charge in [-0.3, -0.25) is 4.55 Å². The Kier molecular flexibility index (Phi) is 4.48. The highest BCUT2D eigenvalue weighted by molar-refractivity contribution is 7.87. The van der Waals surface area contributed by atoms with E-state index in [9.17, 15) is 26.4 Å². The summed E-state index contributed by atoms with van der Waals surface area (Å²) >= 11 is 0. The molecule has 0 aliphatic heterocycles. The van der Waals surface area contributed by atoms with Gasteiger partial charge in [0.25, 0.3) is 0 Å². The number of hydrogen-bond donors (Lipinski definition) is 1. The van der Waals surface area contributed by atoms with Crippen LogP contribution in [-0.4, -0.2) is 30.3 Å². The predicted octanol–water partition coefficient (Wildman–Crippen LogP) is 2.49. The average Bonchev–Trinajstić information content (AvgIpc) is 2.86. The first-order valence-corrected chi connectivity index (χ1v) is 7.86. The predicted molar refractivity (Wildman–Crippen MR) is 69.4 cm³/mol. The molecule has 122 valence electrons. The van der Waals surface area contributed by atoms with E-state index < -0.39 is 33.3 Å². The molecule has 2 rings (SSSR count). The summed E-state index contributed by atoms with van der Waals surface area (Å²) in [6.07, 6.45) is -0.00208. The zero-order valence-corrected chi connectivity index (χ0v) is 12.0. The number of hydrogen-bond acceptors (Lipinski definition) is 4. The van der Waals surface area contributed by atoms with E-state index >= 15 is 0 Å². The molecule has 1 N–H and O–H groups in total. The van der Waals surface area contributed by atoms with Gasteiger partial charge in [0.2, 0.25) is 0 Å². The lowest BCUT2D eigenvalue weighted by Crippen LogP contribution is -2.40. The summed E-state index contributed by atoms with van der Waals surface area (Å²) in [5.41, 5.74) is 0.653. The molecular weight excluding hydrogens is 325 g/mol. The Morgan fingerprint density at radius 1 is 1.32 bits per heavy atom. The second kappa shape index (κ2) is 5.88. The molecule has 2 atom stereocenters. The van der Waals surface area contributed by atoms with Crippen molar-refractivity contribution in [2.75, 3.05) is 0 Å². The highest BCUT2D eigenvalue weighted by atomic mass is 32.2. The zero-order chi connectivity index (χ0) is 16.5. The van der Waals surface area contributed by atoms with Crippen LogP contribution in [0.15, 0.2) is 24.3 Å². The first kappa shape index (κ1) is 16.8. The minimum atomic E-state index is -5.87. The van der Waals surface area contributed by atoms with Crippen LogP contribution in [0.1, 0.15) is 30.7 Å². The lowest BCUT2D eigenvalue weighted by atomic mass is 9.98. The summed E-state index contributed by atoms with van der Waals surface area (Å²) in [6.45, 7) is 0. The second-order valence-corrected chi connectivity index (χ2v) is 6.55. The summed E-state index contributed by atoms with van der Waals surface area (Å²) in [6, 6.07) is 5.76. The Labute approximate surface area is 124 Å². The molecule has 0 radical (unpaired) electrons. The number of halogens is 3. The Morgan fingerprint density at radius 3 is 2.59 bits per heavy atom. The van der Waals surface area contributed by atoms with Crippen LogP contribution in [0.4, 0.5) is 13.2 Å². The third-order valence-corrected chi connectivity index (χ3v) is 4.35. The molecule has 9 heteroatoms. The van der Waals surface area contributed by atoms with E-state index in [4.69, 9.17) is 4.55 Å². The van der Waals surface area contributed by atoms with Crippen molar-refractivity contribution in [1.82, 2.24) is 0 Å². The van der Waals surface area contributed by atoms with E-state index in [1.54, 1.807) is 6.07 Å². The minimum Gasteiger partial charge on any atom is -0.457 e. The Bertz CT molecular complexity index is 674. The van der Waals surface area contributed by atoms with Crippen LogP contribution < -0.4 is 0 Å². The van der Waals surface area contributed by atoms with Crippen molar-refractivity contribution in [3.05, 3.63) is 35.6 Å². The quantitative estimate of drug-likeness (QED) is 0.674. The first-order chi connectivity index (χ1) is 10.1. The maximum absolute atomic E-state index is 13.1. The monoisotopic (exact) mass is 338 g/mol. The highest BCUT2D eigenvalue weighted by Gasteiger charge is 2.55. The van der Waals surface area contributed by atoms with E-state index in [1.807, 2.05) is 0 Å². The molecule has 1 fully saturated rings. The molecule has 0 amide bonds. The molecule has 1 saturated carbocycles. The fraction of sp³-hybridized carbons (Fsp3) is 0.462. The van der Waals surface area contributed by atoms with E-state index in [0.29, 0.717) is 12.0 Å². The fourth-order valence-corrected chi connectivity index (χ4v) is 2.69. The third-order valence-electron chi connectivity index (χ3n) is 3.54. The Morgan fingerprint density at radius 2 is 2.00 bits per heavy atom. The van der Waals surface area contributed by atoms with Gasteiger partial charge in [0.1, 0.15) is 11.9 Å². The Hall–Kier alpha value is -1.61. The van der Waals surface area contributed by atoms with E-state index in [1.165, 1.54) is 18.2 Å². The van der Waals surface area contributed by atoms with Crippen molar-refractivity contribution < 1.29 is 35.7 Å². The molecule has 0 spiro atoms. The van der Waals surface area contributed by atoms with E-state index in [2.05, 4.69) is 4.74 Å². The average molecular weight is 338 g/mol. The van der Waals surface area contributed by atoms with Crippen molar-refractivity contribution in [3.8, 4) is 0 Å². The molecule has 0 saturated heterocycles. The van der Waals surface area contributed by atoms with Gasteiger partial charge >= 0.3 is 21.3 Å². The van der Waals surface area contributed by atoms with Crippen molar-refractivity contribution in [2.24, 2.45) is 0 Å². The van der Waals surface area contributed by atoms with Gasteiger partial charge in [0.05, 0.1) is 0 Å². The molecule has 1 aromatic rings. The Balaban J connectivity index is 2.01. The van der Waals surface area contributed by atoms with Gasteiger partial charge < -0.3 is 4.74 Å². The van der Waals surface area contributed by atoms with Gasteiger partial charge in [-0.25, -0.2) is 9.18 Å². The van der Waals surface area contributed by atoms with Gasteiger partial charge in [-0.05, 0) is 42.9 Å². The number of esters is 1. The van der Waals surface area contributed by atoms with Crippen LogP contribution in [0, 0.1) is 5.82 Å². The van der Waals surface area contributed by atoms with Crippen LogP contribution in [-0.2, 0) is 19.6 Å². The number of alkyl halides is 2. The number of carbonyl (C=O) groups excluding carboxylic acids is 1. The van der Waals surface area contributed by atoms with Crippen molar-refractivity contribution in [1.29, 1.82) is 0 Å². The van der Waals surface area contributed by atoms with Gasteiger partial charge in [0, 0.05) is 0 Å². The molecule has 0 bridgehead atoms. The van der Waals surface area contributed by atoms with E-state index in [0.717, 1.165) is 0 Å². The smallest absolute Gasteiger partial charge is 0.457 e. The summed E-state index contributed by atoms with van der Waals surface area (Å²) in [7, 11) is -5.87. The molecule has 1 aromatic carbocycles. The fourth-order valence-electron chi connectivity index (χ4n) is 2.44. The van der Waals surface area contributed by atoms with Gasteiger partial charge in [-0.2, -0.15) is 17.2 Å². The van der Waals surface area contributed by atoms with Gasteiger partial charge in [-0.1, -0.05) is 12.1 Å². The van der Waals surface area contributed by atoms with Crippen molar-refractivity contribution in [2.45, 2.75) is 36.5 Å². The maximum atomic E-state index is 13.1. The zero-order valence-electron chi connectivity index (χ0n) is 11.2. The van der Waals surface area contributed by atoms with Crippen LogP contribution in [0.25, 0.3) is 0 Å². The number of benzene rings is 1. The maximum Gasteiger partial charge on any atom is 0.465 e.